The number of halogens is 2. The van der Waals surface area contributed by atoms with Crippen LogP contribution in [0.25, 0.3) is 0 Å². The van der Waals surface area contributed by atoms with Gasteiger partial charge in [0.15, 0.2) is 5.82 Å². The Labute approximate surface area is 249 Å². The number of piperidine rings is 1. The van der Waals surface area contributed by atoms with Crippen LogP contribution in [0.2, 0.25) is 0 Å². The highest BCUT2D eigenvalue weighted by molar-refractivity contribution is 7.88. The first kappa shape index (κ1) is 30.9. The van der Waals surface area contributed by atoms with Crippen LogP contribution in [0.4, 0.5) is 31.9 Å². The fourth-order valence-electron chi connectivity index (χ4n) is 5.94. The summed E-state index contributed by atoms with van der Waals surface area (Å²) >= 11 is 0. The molecule has 0 radical (unpaired) electrons. The van der Waals surface area contributed by atoms with Gasteiger partial charge in [0.05, 0.1) is 31.8 Å². The van der Waals surface area contributed by atoms with E-state index in [0.29, 0.717) is 42.9 Å². The molecule has 1 aliphatic carbocycles. The van der Waals surface area contributed by atoms with E-state index in [4.69, 9.17) is 4.74 Å². The molecule has 1 saturated carbocycles. The highest BCUT2D eigenvalue weighted by Crippen LogP contribution is 2.39. The van der Waals surface area contributed by atoms with Gasteiger partial charge in [0, 0.05) is 37.8 Å². The van der Waals surface area contributed by atoms with Gasteiger partial charge >= 0.3 is 5.92 Å². The fraction of sp³-hybridized carbons (Fsp3) is 0.571. The molecule has 1 saturated heterocycles. The molecule has 2 N–H and O–H groups in total. The number of nitrogens with zero attached hydrogens (tertiary/aromatic N) is 5. The van der Waals surface area contributed by atoms with Crippen molar-refractivity contribution >= 4 is 45.0 Å². The number of carbonyl (C=O) groups is 2. The van der Waals surface area contributed by atoms with Crippen LogP contribution in [0.5, 0.6) is 5.75 Å². The quantitative estimate of drug-likeness (QED) is 0.478. The third kappa shape index (κ3) is 6.66. The molecule has 3 heterocycles. The molecule has 1 aromatic heterocycles. The molecule has 43 heavy (non-hydrogen) atoms. The Morgan fingerprint density at radius 3 is 2.47 bits per heavy atom. The Balaban J connectivity index is 1.35. The van der Waals surface area contributed by atoms with E-state index < -0.39 is 28.4 Å². The van der Waals surface area contributed by atoms with E-state index in [1.807, 2.05) is 0 Å². The smallest absolute Gasteiger partial charge is 0.342 e. The number of benzene rings is 1. The van der Waals surface area contributed by atoms with Gasteiger partial charge in [0.25, 0.3) is 11.8 Å². The molecule has 12 nitrogen and oxygen atoms in total. The van der Waals surface area contributed by atoms with E-state index in [0.717, 1.165) is 37.0 Å². The van der Waals surface area contributed by atoms with Gasteiger partial charge < -0.3 is 25.2 Å². The van der Waals surface area contributed by atoms with E-state index in [1.54, 1.807) is 23.1 Å². The van der Waals surface area contributed by atoms with Crippen molar-refractivity contribution in [3.63, 3.8) is 0 Å². The van der Waals surface area contributed by atoms with Gasteiger partial charge in [-0.25, -0.2) is 17.7 Å². The molecular formula is C28H37F2N7O5S. The maximum atomic E-state index is 15.0. The monoisotopic (exact) mass is 621 g/mol. The van der Waals surface area contributed by atoms with E-state index >= 15 is 0 Å². The molecule has 0 unspecified atom stereocenters. The standard InChI is InChI=1S/C28H37F2N7O5S/c1-35-22-16-31-27(34-24(22)37(17-28(29,30)26(35)39)20-7-5-4-6-8-20)33-21-10-9-18(15-23(21)42-2)25(38)32-19-11-13-36(14-12-19)43(3,40)41/h9-10,15-16,19-20H,4-8,11-14,17H2,1-3H3,(H,32,38)(H,31,33,34). The van der Waals surface area contributed by atoms with Crippen LogP contribution in [0.15, 0.2) is 24.4 Å². The lowest BCUT2D eigenvalue weighted by molar-refractivity contribution is -0.140. The number of amides is 2. The molecule has 0 spiro atoms. The summed E-state index contributed by atoms with van der Waals surface area (Å²) in [5, 5.41) is 6.03. The number of methoxy groups -OCH3 is 1. The zero-order valence-corrected chi connectivity index (χ0v) is 25.3. The summed E-state index contributed by atoms with van der Waals surface area (Å²) < 4.78 is 60.4. The summed E-state index contributed by atoms with van der Waals surface area (Å²) in [5.74, 6) is -4.48. The zero-order chi connectivity index (χ0) is 30.9. The zero-order valence-electron chi connectivity index (χ0n) is 24.5. The van der Waals surface area contributed by atoms with Gasteiger partial charge in [-0.05, 0) is 43.9 Å². The van der Waals surface area contributed by atoms with Crippen molar-refractivity contribution in [1.82, 2.24) is 19.6 Å². The van der Waals surface area contributed by atoms with Crippen molar-refractivity contribution in [2.45, 2.75) is 63.0 Å². The predicted octanol–water partition coefficient (Wildman–Crippen LogP) is 3.13. The van der Waals surface area contributed by atoms with Gasteiger partial charge in [-0.15, -0.1) is 0 Å². The molecule has 2 amide bonds. The topological polar surface area (TPSA) is 137 Å². The van der Waals surface area contributed by atoms with Crippen LogP contribution in [-0.4, -0.2) is 92.6 Å². The lowest BCUT2D eigenvalue weighted by Crippen LogP contribution is -2.49. The number of fused-ring (bicyclic) bond motifs is 1. The fourth-order valence-corrected chi connectivity index (χ4v) is 6.81. The lowest BCUT2D eigenvalue weighted by atomic mass is 9.94. The van der Waals surface area contributed by atoms with Crippen molar-refractivity contribution in [2.24, 2.45) is 0 Å². The van der Waals surface area contributed by atoms with Crippen molar-refractivity contribution in [3.8, 4) is 5.75 Å². The maximum absolute atomic E-state index is 15.0. The summed E-state index contributed by atoms with van der Waals surface area (Å²) in [6.07, 6.45) is 7.89. The molecule has 0 atom stereocenters. The molecule has 2 aliphatic heterocycles. The molecule has 234 valence electrons. The number of aromatic nitrogens is 2. The van der Waals surface area contributed by atoms with Gasteiger partial charge in [-0.2, -0.15) is 13.8 Å². The number of ether oxygens (including phenoxy) is 1. The van der Waals surface area contributed by atoms with Crippen molar-refractivity contribution in [3.05, 3.63) is 30.0 Å². The molecule has 3 aliphatic rings. The molecule has 2 fully saturated rings. The summed E-state index contributed by atoms with van der Waals surface area (Å²) in [7, 11) is -0.506. The lowest BCUT2D eigenvalue weighted by Gasteiger charge is -2.35. The Morgan fingerprint density at radius 2 is 1.81 bits per heavy atom. The highest BCUT2D eigenvalue weighted by Gasteiger charge is 2.48. The molecule has 1 aromatic carbocycles. The number of nitrogens with one attached hydrogen (secondary N) is 2. The molecule has 0 bridgehead atoms. The van der Waals surface area contributed by atoms with E-state index in [2.05, 4.69) is 20.6 Å². The van der Waals surface area contributed by atoms with Crippen molar-refractivity contribution in [1.29, 1.82) is 0 Å². The van der Waals surface area contributed by atoms with E-state index in [9.17, 15) is 26.8 Å². The number of hydrogen-bond donors (Lipinski definition) is 2. The van der Waals surface area contributed by atoms with Gasteiger partial charge in [-0.3, -0.25) is 9.59 Å². The maximum Gasteiger partial charge on any atom is 0.342 e. The summed E-state index contributed by atoms with van der Waals surface area (Å²) in [5.41, 5.74) is 1.01. The van der Waals surface area contributed by atoms with Crippen LogP contribution in [0.3, 0.4) is 0 Å². The Morgan fingerprint density at radius 1 is 1.12 bits per heavy atom. The summed E-state index contributed by atoms with van der Waals surface area (Å²) in [6.45, 7) is -0.0717. The molecule has 15 heteroatoms. The van der Waals surface area contributed by atoms with E-state index in [-0.39, 0.29) is 35.4 Å². The average Bonchev–Trinajstić information content (AvgIpc) is 3.06. The Bertz CT molecular complexity index is 1480. The second-order valence-corrected chi connectivity index (χ2v) is 13.3. The van der Waals surface area contributed by atoms with Crippen molar-refractivity contribution in [2.75, 3.05) is 55.2 Å². The second-order valence-electron chi connectivity index (χ2n) is 11.3. The molecule has 5 rings (SSSR count). The first-order valence-corrected chi connectivity index (χ1v) is 16.2. The normalized spacial score (nSPS) is 20.3. The van der Waals surface area contributed by atoms with Crippen LogP contribution in [0, 0.1) is 0 Å². The number of anilines is 4. The van der Waals surface area contributed by atoms with Crippen LogP contribution < -0.4 is 25.2 Å². The van der Waals surface area contributed by atoms with Gasteiger partial charge in [-0.1, -0.05) is 19.3 Å². The first-order valence-electron chi connectivity index (χ1n) is 14.4. The minimum atomic E-state index is -3.58. The SMILES string of the molecule is COc1cc(C(=O)NC2CCN(S(C)(=O)=O)CC2)ccc1Nc1ncc2c(n1)N(C1CCCCC1)CC(F)(F)C(=O)N2C. The minimum absolute atomic E-state index is 0.124. The molecular weight excluding hydrogens is 584 g/mol. The third-order valence-corrected chi connectivity index (χ3v) is 9.66. The largest absolute Gasteiger partial charge is 0.495 e. The van der Waals surface area contributed by atoms with Gasteiger partial charge in [0.2, 0.25) is 16.0 Å². The number of rotatable bonds is 7. The van der Waals surface area contributed by atoms with Crippen LogP contribution in [0.1, 0.15) is 55.3 Å². The number of hydrogen-bond acceptors (Lipinski definition) is 9. The summed E-state index contributed by atoms with van der Waals surface area (Å²) in [6, 6.07) is 4.47. The van der Waals surface area contributed by atoms with Crippen molar-refractivity contribution < 1.29 is 31.5 Å². The Kier molecular flexibility index (Phi) is 8.75. The number of alkyl halides is 2. The van der Waals surface area contributed by atoms with E-state index in [1.165, 1.54) is 30.9 Å². The number of carbonyl (C=O) groups excluding carboxylic acids is 2. The minimum Gasteiger partial charge on any atom is -0.495 e. The van der Waals surface area contributed by atoms with Gasteiger partial charge in [0.1, 0.15) is 11.4 Å². The number of sulfonamides is 1. The van der Waals surface area contributed by atoms with Crippen LogP contribution in [-0.2, 0) is 14.8 Å². The summed E-state index contributed by atoms with van der Waals surface area (Å²) in [4.78, 5) is 36.9. The second kappa shape index (κ2) is 12.2. The first-order chi connectivity index (χ1) is 20.4. The Hall–Kier alpha value is -3.59. The van der Waals surface area contributed by atoms with Crippen LogP contribution >= 0.6 is 0 Å². The third-order valence-electron chi connectivity index (χ3n) is 8.35. The average molecular weight is 622 g/mol. The predicted molar refractivity (Wildman–Crippen MR) is 158 cm³/mol. The molecule has 2 aromatic rings. The highest BCUT2D eigenvalue weighted by atomic mass is 32.2.